The van der Waals surface area contributed by atoms with E-state index in [1.165, 1.54) is 36.5 Å². The van der Waals surface area contributed by atoms with Gasteiger partial charge in [0, 0.05) is 30.3 Å². The van der Waals surface area contributed by atoms with E-state index in [1.54, 1.807) is 14.2 Å². The van der Waals surface area contributed by atoms with Crippen LogP contribution in [0, 0.1) is 5.92 Å². The third-order valence-corrected chi connectivity index (χ3v) is 7.97. The Morgan fingerprint density at radius 2 is 1.86 bits per heavy atom. The molecule has 2 aliphatic rings. The van der Waals surface area contributed by atoms with Crippen LogP contribution < -0.4 is 14.8 Å². The molecule has 1 aliphatic carbocycles. The molecule has 5 heteroatoms. The summed E-state index contributed by atoms with van der Waals surface area (Å²) in [5.74, 6) is 1.99. The van der Waals surface area contributed by atoms with Crippen molar-refractivity contribution >= 4 is 16.7 Å². The minimum Gasteiger partial charge on any atom is -0.493 e. The Balaban J connectivity index is 1.35. The van der Waals surface area contributed by atoms with Crippen molar-refractivity contribution in [3.63, 3.8) is 0 Å². The van der Waals surface area contributed by atoms with E-state index in [0.717, 1.165) is 43.0 Å². The zero-order valence-corrected chi connectivity index (χ0v) is 22.0. The molecule has 1 N–H and O–H groups in total. The number of likely N-dealkylation sites (tertiary alicyclic amines) is 1. The quantitative estimate of drug-likeness (QED) is 0.360. The molecule has 1 saturated heterocycles. The minimum atomic E-state index is -0.0777. The zero-order valence-electron chi connectivity index (χ0n) is 22.0. The maximum atomic E-state index is 13.5. The molecule has 2 atom stereocenters. The second-order valence-electron chi connectivity index (χ2n) is 10.3. The van der Waals surface area contributed by atoms with Crippen molar-refractivity contribution in [3.05, 3.63) is 83.4 Å². The first-order valence-electron chi connectivity index (χ1n) is 13.5. The largest absolute Gasteiger partial charge is 0.493 e. The molecule has 1 unspecified atom stereocenters. The molecule has 0 spiro atoms. The van der Waals surface area contributed by atoms with Gasteiger partial charge in [-0.25, -0.2) is 0 Å². The molecule has 1 amide bonds. The third kappa shape index (κ3) is 5.83. The van der Waals surface area contributed by atoms with Gasteiger partial charge in [-0.3, -0.25) is 9.69 Å². The molecule has 194 valence electrons. The van der Waals surface area contributed by atoms with Gasteiger partial charge in [-0.05, 0) is 85.5 Å². The maximum absolute atomic E-state index is 13.5. The minimum absolute atomic E-state index is 0.0777. The Bertz CT molecular complexity index is 1270. The average Bonchev–Trinajstić information content (AvgIpc) is 3.38. The van der Waals surface area contributed by atoms with Gasteiger partial charge in [0.2, 0.25) is 0 Å². The standard InChI is InChI=1S/C32H38N2O3/c1-36-30-17-16-28(32(35)33-21-24-14-15-25-11-6-7-12-26(25)19-24)29(31(30)37-2)20-27-13-8-18-34(27)22-23-9-4-3-5-10-23/h3-4,6-7,11-12,14-17,19,23,27H,5,8-10,13,18,20-22H2,1-2H3,(H,33,35)/t23?,27-/m0/s1. The number of ether oxygens (including phenoxy) is 2. The fourth-order valence-corrected chi connectivity index (χ4v) is 5.99. The number of amides is 1. The summed E-state index contributed by atoms with van der Waals surface area (Å²) < 4.78 is 11.4. The number of carbonyl (C=O) groups excluding carboxylic acids is 1. The average molecular weight is 499 g/mol. The number of benzene rings is 3. The highest BCUT2D eigenvalue weighted by molar-refractivity contribution is 5.97. The fraction of sp³-hybridized carbons (Fsp3) is 0.406. The zero-order chi connectivity index (χ0) is 25.6. The van der Waals surface area contributed by atoms with Gasteiger partial charge in [0.15, 0.2) is 11.5 Å². The number of hydrogen-bond acceptors (Lipinski definition) is 4. The van der Waals surface area contributed by atoms with Crippen LogP contribution in [0.5, 0.6) is 11.5 Å². The molecule has 1 fully saturated rings. The Kier molecular flexibility index (Phi) is 8.10. The molecule has 5 nitrogen and oxygen atoms in total. The van der Waals surface area contributed by atoms with Gasteiger partial charge < -0.3 is 14.8 Å². The first kappa shape index (κ1) is 25.3. The van der Waals surface area contributed by atoms with Crippen molar-refractivity contribution in [2.45, 2.75) is 51.1 Å². The highest BCUT2D eigenvalue weighted by Gasteiger charge is 2.30. The lowest BCUT2D eigenvalue weighted by Crippen LogP contribution is -2.36. The predicted octanol–water partition coefficient (Wildman–Crippen LogP) is 6.15. The summed E-state index contributed by atoms with van der Waals surface area (Å²) >= 11 is 0. The number of carbonyl (C=O) groups is 1. The monoisotopic (exact) mass is 498 g/mol. The van der Waals surface area contributed by atoms with Gasteiger partial charge in [0.1, 0.15) is 0 Å². The molecule has 0 radical (unpaired) electrons. The highest BCUT2D eigenvalue weighted by atomic mass is 16.5. The van der Waals surface area contributed by atoms with Crippen LogP contribution in [0.1, 0.15) is 53.6 Å². The number of rotatable bonds is 9. The Morgan fingerprint density at radius 3 is 2.65 bits per heavy atom. The molecule has 37 heavy (non-hydrogen) atoms. The number of fused-ring (bicyclic) bond motifs is 1. The molecule has 3 aromatic carbocycles. The summed E-state index contributed by atoms with van der Waals surface area (Å²) in [5.41, 5.74) is 2.70. The van der Waals surface area contributed by atoms with E-state index in [4.69, 9.17) is 9.47 Å². The summed E-state index contributed by atoms with van der Waals surface area (Å²) in [5, 5.41) is 5.53. The highest BCUT2D eigenvalue weighted by Crippen LogP contribution is 2.37. The maximum Gasteiger partial charge on any atom is 0.251 e. The summed E-state index contributed by atoms with van der Waals surface area (Å²) in [6, 6.07) is 18.7. The molecular weight excluding hydrogens is 460 g/mol. The predicted molar refractivity (Wildman–Crippen MR) is 149 cm³/mol. The molecule has 0 saturated carbocycles. The number of hydrogen-bond donors (Lipinski definition) is 1. The molecule has 0 bridgehead atoms. The molecule has 5 rings (SSSR count). The number of nitrogens with one attached hydrogen (secondary N) is 1. The van der Waals surface area contributed by atoms with Gasteiger partial charge in [-0.2, -0.15) is 0 Å². The van der Waals surface area contributed by atoms with Crippen LogP contribution >= 0.6 is 0 Å². The van der Waals surface area contributed by atoms with Crippen molar-refractivity contribution in [3.8, 4) is 11.5 Å². The van der Waals surface area contributed by atoms with Gasteiger partial charge >= 0.3 is 0 Å². The lowest BCUT2D eigenvalue weighted by molar-refractivity contribution is 0.0949. The Hall–Kier alpha value is -3.31. The van der Waals surface area contributed by atoms with E-state index in [0.29, 0.717) is 29.6 Å². The van der Waals surface area contributed by atoms with Gasteiger partial charge in [0.05, 0.1) is 14.2 Å². The van der Waals surface area contributed by atoms with Crippen LogP contribution in [-0.4, -0.2) is 44.2 Å². The van der Waals surface area contributed by atoms with Crippen molar-refractivity contribution in [1.82, 2.24) is 10.2 Å². The van der Waals surface area contributed by atoms with E-state index < -0.39 is 0 Å². The lowest BCUT2D eigenvalue weighted by atomic mass is 9.92. The third-order valence-electron chi connectivity index (χ3n) is 7.97. The van der Waals surface area contributed by atoms with E-state index in [9.17, 15) is 4.79 Å². The van der Waals surface area contributed by atoms with Crippen LogP contribution in [0.2, 0.25) is 0 Å². The summed E-state index contributed by atoms with van der Waals surface area (Å²) in [7, 11) is 3.32. The summed E-state index contributed by atoms with van der Waals surface area (Å²) in [6.07, 6.45) is 11.4. The van der Waals surface area contributed by atoms with Crippen molar-refractivity contribution in [2.24, 2.45) is 5.92 Å². The molecular formula is C32H38N2O3. The van der Waals surface area contributed by atoms with Crippen LogP contribution in [0.4, 0.5) is 0 Å². The second-order valence-corrected chi connectivity index (χ2v) is 10.3. The molecule has 1 aliphatic heterocycles. The Labute approximate surface area is 220 Å². The molecule has 3 aromatic rings. The van der Waals surface area contributed by atoms with E-state index in [1.807, 2.05) is 24.3 Å². The topological polar surface area (TPSA) is 50.8 Å². The van der Waals surface area contributed by atoms with Crippen LogP contribution in [-0.2, 0) is 13.0 Å². The lowest BCUT2D eigenvalue weighted by Gasteiger charge is -2.30. The van der Waals surface area contributed by atoms with E-state index in [-0.39, 0.29) is 5.91 Å². The molecule has 0 aromatic heterocycles. The number of nitrogens with zero attached hydrogens (tertiary/aromatic N) is 1. The number of methoxy groups -OCH3 is 2. The Morgan fingerprint density at radius 1 is 1.00 bits per heavy atom. The van der Waals surface area contributed by atoms with Gasteiger partial charge in [-0.15, -0.1) is 0 Å². The van der Waals surface area contributed by atoms with Crippen molar-refractivity contribution in [2.75, 3.05) is 27.3 Å². The summed E-state index contributed by atoms with van der Waals surface area (Å²) in [6.45, 7) is 2.73. The smallest absolute Gasteiger partial charge is 0.251 e. The van der Waals surface area contributed by atoms with Crippen LogP contribution in [0.25, 0.3) is 10.8 Å². The van der Waals surface area contributed by atoms with Crippen LogP contribution in [0.15, 0.2) is 66.7 Å². The van der Waals surface area contributed by atoms with Crippen molar-refractivity contribution < 1.29 is 14.3 Å². The first-order chi connectivity index (χ1) is 18.2. The van der Waals surface area contributed by atoms with E-state index >= 15 is 0 Å². The van der Waals surface area contributed by atoms with Crippen LogP contribution in [0.3, 0.4) is 0 Å². The van der Waals surface area contributed by atoms with Crippen molar-refractivity contribution in [1.29, 1.82) is 0 Å². The normalized spacial score (nSPS) is 19.7. The first-order valence-corrected chi connectivity index (χ1v) is 13.5. The van der Waals surface area contributed by atoms with E-state index in [2.05, 4.69) is 52.7 Å². The van der Waals surface area contributed by atoms with Gasteiger partial charge in [0.25, 0.3) is 5.91 Å². The SMILES string of the molecule is COc1ccc(C(=O)NCc2ccc3ccccc3c2)c(C[C@@H]2CCCN2CC2CC=CCC2)c1OC. The summed E-state index contributed by atoms with van der Waals surface area (Å²) in [4.78, 5) is 16.2. The molecule has 1 heterocycles. The second kappa shape index (κ2) is 11.8. The fourth-order valence-electron chi connectivity index (χ4n) is 5.99. The number of allylic oxidation sites excluding steroid dienone is 2. The van der Waals surface area contributed by atoms with Gasteiger partial charge in [-0.1, -0.05) is 48.6 Å².